The third kappa shape index (κ3) is 6.07. The normalized spacial score (nSPS) is 15.3. The SMILES string of the molecule is CCOc1ccn(-c2ccc(F)cc2)c(=O)c1C(=O)Nc1ccc(Oc2ccnc3cc(OC4CCOC4)c4c(c23)OCCO4)c(F)c1. The first kappa shape index (κ1) is 30.9. The highest BCUT2D eigenvalue weighted by atomic mass is 19.1. The van der Waals surface area contributed by atoms with Crippen LogP contribution in [0.4, 0.5) is 14.5 Å². The van der Waals surface area contributed by atoms with Crippen LogP contribution < -0.4 is 34.6 Å². The lowest BCUT2D eigenvalue weighted by Gasteiger charge is -2.24. The van der Waals surface area contributed by atoms with Crippen molar-refractivity contribution >= 4 is 22.5 Å². The van der Waals surface area contributed by atoms with Crippen LogP contribution in [0.1, 0.15) is 23.7 Å². The molecule has 1 atom stereocenters. The molecule has 1 saturated heterocycles. The lowest BCUT2D eigenvalue weighted by molar-refractivity contribution is 0.102. The van der Waals surface area contributed by atoms with Crippen LogP contribution in [0.15, 0.2) is 77.9 Å². The maximum absolute atomic E-state index is 15.5. The van der Waals surface area contributed by atoms with Gasteiger partial charge in [-0.05, 0) is 55.5 Å². The maximum atomic E-state index is 15.5. The van der Waals surface area contributed by atoms with Gasteiger partial charge in [-0.2, -0.15) is 0 Å². The number of benzene rings is 3. The second-order valence-corrected chi connectivity index (χ2v) is 10.9. The summed E-state index contributed by atoms with van der Waals surface area (Å²) in [4.78, 5) is 31.3. The summed E-state index contributed by atoms with van der Waals surface area (Å²) in [7, 11) is 0. The van der Waals surface area contributed by atoms with Crippen molar-refractivity contribution in [2.24, 2.45) is 0 Å². The van der Waals surface area contributed by atoms with Crippen LogP contribution in [0.25, 0.3) is 16.6 Å². The van der Waals surface area contributed by atoms with E-state index >= 15 is 4.39 Å². The van der Waals surface area contributed by atoms with E-state index in [1.807, 2.05) is 0 Å². The van der Waals surface area contributed by atoms with Crippen molar-refractivity contribution in [1.29, 1.82) is 0 Å². The molecule has 1 N–H and O–H groups in total. The summed E-state index contributed by atoms with van der Waals surface area (Å²) < 4.78 is 65.2. The lowest BCUT2D eigenvalue weighted by atomic mass is 10.1. The fraction of sp³-hybridized carbons (Fsp3) is 0.229. The second kappa shape index (κ2) is 13.2. The molecule has 2 aromatic heterocycles. The zero-order valence-corrected chi connectivity index (χ0v) is 25.7. The molecule has 1 amide bonds. The number of aromatic nitrogens is 2. The molecule has 1 fully saturated rings. The molecule has 7 rings (SSSR count). The van der Waals surface area contributed by atoms with Crippen molar-refractivity contribution in [1.82, 2.24) is 9.55 Å². The smallest absolute Gasteiger partial charge is 0.271 e. The largest absolute Gasteiger partial charge is 0.493 e. The van der Waals surface area contributed by atoms with Crippen LogP contribution in [-0.2, 0) is 4.74 Å². The number of fused-ring (bicyclic) bond motifs is 3. The third-order valence-corrected chi connectivity index (χ3v) is 7.72. The molecule has 0 aliphatic carbocycles. The molecule has 11 nitrogen and oxygen atoms in total. The Kier molecular flexibility index (Phi) is 8.51. The van der Waals surface area contributed by atoms with Gasteiger partial charge in [0, 0.05) is 42.3 Å². The Morgan fingerprint density at radius 1 is 0.958 bits per heavy atom. The molecule has 246 valence electrons. The van der Waals surface area contributed by atoms with Crippen molar-refractivity contribution < 1.29 is 42.0 Å². The molecule has 0 bridgehead atoms. The van der Waals surface area contributed by atoms with E-state index in [-0.39, 0.29) is 47.8 Å². The molecule has 3 aromatic carbocycles. The van der Waals surface area contributed by atoms with Crippen molar-refractivity contribution in [3.8, 4) is 40.2 Å². The molecule has 2 aliphatic rings. The third-order valence-electron chi connectivity index (χ3n) is 7.72. The summed E-state index contributed by atoms with van der Waals surface area (Å²) in [5.74, 6) is -0.656. The van der Waals surface area contributed by atoms with Gasteiger partial charge in [-0.3, -0.25) is 19.1 Å². The predicted octanol–water partition coefficient (Wildman–Crippen LogP) is 6.05. The number of carbonyl (C=O) groups excluding carboxylic acids is 1. The second-order valence-electron chi connectivity index (χ2n) is 10.9. The summed E-state index contributed by atoms with van der Waals surface area (Å²) in [6.45, 7) is 3.59. The first-order valence-corrected chi connectivity index (χ1v) is 15.3. The Bertz CT molecular complexity index is 2060. The van der Waals surface area contributed by atoms with Crippen molar-refractivity contribution in [3.63, 3.8) is 0 Å². The summed E-state index contributed by atoms with van der Waals surface area (Å²) in [6.07, 6.45) is 3.57. The number of anilines is 1. The topological polar surface area (TPSA) is 119 Å². The van der Waals surface area contributed by atoms with Crippen molar-refractivity contribution in [3.05, 3.63) is 101 Å². The van der Waals surface area contributed by atoms with Crippen molar-refractivity contribution in [2.75, 3.05) is 38.4 Å². The van der Waals surface area contributed by atoms with E-state index in [0.717, 1.165) is 12.5 Å². The summed E-state index contributed by atoms with van der Waals surface area (Å²) in [5.41, 5.74) is -0.0947. The van der Waals surface area contributed by atoms with E-state index < -0.39 is 23.1 Å². The molecule has 0 spiro atoms. The number of amides is 1. The van der Waals surface area contributed by atoms with Crippen LogP contribution in [0.3, 0.4) is 0 Å². The van der Waals surface area contributed by atoms with Gasteiger partial charge in [0.15, 0.2) is 23.1 Å². The van der Waals surface area contributed by atoms with Gasteiger partial charge < -0.3 is 33.7 Å². The number of halogens is 2. The fourth-order valence-electron chi connectivity index (χ4n) is 5.51. The number of nitrogens with zero attached hydrogens (tertiary/aromatic N) is 2. The molecule has 13 heteroatoms. The first-order chi connectivity index (χ1) is 23.4. The average molecular weight is 658 g/mol. The molecule has 48 heavy (non-hydrogen) atoms. The zero-order chi connectivity index (χ0) is 33.2. The van der Waals surface area contributed by atoms with Gasteiger partial charge in [0.25, 0.3) is 11.5 Å². The van der Waals surface area contributed by atoms with Crippen LogP contribution in [0.2, 0.25) is 0 Å². The predicted molar refractivity (Wildman–Crippen MR) is 170 cm³/mol. The summed E-state index contributed by atoms with van der Waals surface area (Å²) >= 11 is 0. The minimum atomic E-state index is -0.820. The zero-order valence-electron chi connectivity index (χ0n) is 25.7. The number of carbonyl (C=O) groups is 1. The van der Waals surface area contributed by atoms with Gasteiger partial charge in [0.2, 0.25) is 5.75 Å². The minimum absolute atomic E-state index is 0.0445. The fourth-order valence-corrected chi connectivity index (χ4v) is 5.51. The van der Waals surface area contributed by atoms with Gasteiger partial charge in [-0.25, -0.2) is 8.78 Å². The number of nitrogens with one attached hydrogen (secondary N) is 1. The number of rotatable bonds is 9. The van der Waals surface area contributed by atoms with Gasteiger partial charge in [0.05, 0.1) is 30.7 Å². The van der Waals surface area contributed by atoms with Crippen LogP contribution in [0, 0.1) is 11.6 Å². The number of hydrogen-bond acceptors (Lipinski definition) is 9. The number of pyridine rings is 2. The van der Waals surface area contributed by atoms with E-state index in [2.05, 4.69) is 10.3 Å². The standard InChI is InChI=1S/C35H29F2N3O8/c1-2-44-27-10-13-40(22-6-3-20(36)4-7-22)35(42)31(27)34(41)39-21-5-8-26(24(37)17-21)48-28-9-12-38-25-18-29(47-23-11-14-43-19-23)32-33(30(25)28)46-16-15-45-32/h3-10,12-13,17-18,23H,2,11,14-16,19H2,1H3,(H,39,41). The Morgan fingerprint density at radius 2 is 1.77 bits per heavy atom. The minimum Gasteiger partial charge on any atom is -0.493 e. The van der Waals surface area contributed by atoms with E-state index in [4.69, 9.17) is 28.4 Å². The highest BCUT2D eigenvalue weighted by Gasteiger charge is 2.28. The van der Waals surface area contributed by atoms with Crippen LogP contribution >= 0.6 is 0 Å². The van der Waals surface area contributed by atoms with Crippen LogP contribution in [-0.4, -0.2) is 54.6 Å². The Hall–Kier alpha value is -5.69. The van der Waals surface area contributed by atoms with E-state index in [9.17, 15) is 14.0 Å². The van der Waals surface area contributed by atoms with Gasteiger partial charge in [0.1, 0.15) is 42.2 Å². The molecule has 0 saturated carbocycles. The molecular weight excluding hydrogens is 628 g/mol. The highest BCUT2D eigenvalue weighted by Crippen LogP contribution is 2.49. The lowest BCUT2D eigenvalue weighted by Crippen LogP contribution is -2.29. The van der Waals surface area contributed by atoms with E-state index in [1.165, 1.54) is 59.4 Å². The average Bonchev–Trinajstić information content (AvgIpc) is 3.60. The summed E-state index contributed by atoms with van der Waals surface area (Å²) in [6, 6.07) is 13.9. The van der Waals surface area contributed by atoms with Crippen molar-refractivity contribution in [2.45, 2.75) is 19.4 Å². The van der Waals surface area contributed by atoms with E-state index in [0.29, 0.717) is 53.7 Å². The molecule has 0 radical (unpaired) electrons. The Morgan fingerprint density at radius 3 is 2.52 bits per heavy atom. The quantitative estimate of drug-likeness (QED) is 0.202. The van der Waals surface area contributed by atoms with Gasteiger partial charge >= 0.3 is 0 Å². The van der Waals surface area contributed by atoms with Crippen LogP contribution in [0.5, 0.6) is 34.5 Å². The maximum Gasteiger partial charge on any atom is 0.271 e. The molecular formula is C35H29F2N3O8. The number of ether oxygens (including phenoxy) is 6. The molecule has 4 heterocycles. The monoisotopic (exact) mass is 657 g/mol. The Labute approximate surface area is 272 Å². The Balaban J connectivity index is 1.16. The highest BCUT2D eigenvalue weighted by molar-refractivity contribution is 6.06. The first-order valence-electron chi connectivity index (χ1n) is 15.3. The molecule has 5 aromatic rings. The van der Waals surface area contributed by atoms with E-state index in [1.54, 1.807) is 19.1 Å². The number of hydrogen-bond donors (Lipinski definition) is 1. The molecule has 1 unspecified atom stereocenters. The molecule has 2 aliphatic heterocycles. The van der Waals surface area contributed by atoms with Gasteiger partial charge in [-0.1, -0.05) is 0 Å². The summed E-state index contributed by atoms with van der Waals surface area (Å²) in [5, 5.41) is 3.04. The van der Waals surface area contributed by atoms with Gasteiger partial charge in [-0.15, -0.1) is 0 Å².